The van der Waals surface area contributed by atoms with Crippen molar-refractivity contribution in [2.75, 3.05) is 0 Å². The number of hydrogen-bond donors (Lipinski definition) is 1. The minimum absolute atomic E-state index is 0.124. The molecule has 0 aliphatic carbocycles. The Kier molecular flexibility index (Phi) is 5.94. The molecule has 27 heavy (non-hydrogen) atoms. The molecule has 0 saturated carbocycles. The Hall–Kier alpha value is -3.04. The first-order valence-corrected chi connectivity index (χ1v) is 9.48. The van der Waals surface area contributed by atoms with E-state index in [1.165, 1.54) is 0 Å². The SMILES string of the molecule is Cc1noc(C)c1CSc1ccccc1C(=O)NCc1ccc(C#N)cc1. The number of amides is 1. The summed E-state index contributed by atoms with van der Waals surface area (Å²) in [7, 11) is 0. The molecule has 1 N–H and O–H groups in total. The predicted molar refractivity (Wildman–Crippen MR) is 104 cm³/mol. The highest BCUT2D eigenvalue weighted by atomic mass is 32.2. The molecule has 2 aromatic carbocycles. The zero-order chi connectivity index (χ0) is 19.2. The molecule has 5 nitrogen and oxygen atoms in total. The summed E-state index contributed by atoms with van der Waals surface area (Å²) < 4.78 is 5.20. The van der Waals surface area contributed by atoms with Gasteiger partial charge in [0.15, 0.2) is 0 Å². The van der Waals surface area contributed by atoms with Gasteiger partial charge in [0.25, 0.3) is 5.91 Å². The molecule has 0 radical (unpaired) electrons. The Balaban J connectivity index is 1.67. The van der Waals surface area contributed by atoms with Crippen LogP contribution in [-0.2, 0) is 12.3 Å². The summed E-state index contributed by atoms with van der Waals surface area (Å²) in [5.74, 6) is 1.38. The van der Waals surface area contributed by atoms with E-state index in [0.717, 1.165) is 27.5 Å². The minimum atomic E-state index is -0.124. The van der Waals surface area contributed by atoms with Crippen molar-refractivity contribution in [3.63, 3.8) is 0 Å². The molecular weight excluding hydrogens is 358 g/mol. The molecule has 1 aromatic heterocycles. The number of nitrogens with zero attached hydrogens (tertiary/aromatic N) is 2. The van der Waals surface area contributed by atoms with Crippen LogP contribution in [0, 0.1) is 25.2 Å². The zero-order valence-corrected chi connectivity index (χ0v) is 16.0. The Morgan fingerprint density at radius 1 is 1.19 bits per heavy atom. The number of aromatic nitrogens is 1. The number of benzene rings is 2. The highest BCUT2D eigenvalue weighted by molar-refractivity contribution is 7.98. The summed E-state index contributed by atoms with van der Waals surface area (Å²) in [4.78, 5) is 13.6. The van der Waals surface area contributed by atoms with Crippen LogP contribution >= 0.6 is 11.8 Å². The largest absolute Gasteiger partial charge is 0.361 e. The van der Waals surface area contributed by atoms with Crippen molar-refractivity contribution in [2.45, 2.75) is 31.0 Å². The van der Waals surface area contributed by atoms with E-state index in [0.29, 0.717) is 23.4 Å². The number of aryl methyl sites for hydroxylation is 2. The van der Waals surface area contributed by atoms with Gasteiger partial charge in [0.2, 0.25) is 0 Å². The molecule has 0 unspecified atom stereocenters. The van der Waals surface area contributed by atoms with E-state index in [1.54, 1.807) is 23.9 Å². The van der Waals surface area contributed by atoms with Crippen LogP contribution in [0.15, 0.2) is 57.9 Å². The smallest absolute Gasteiger partial charge is 0.252 e. The van der Waals surface area contributed by atoms with E-state index in [4.69, 9.17) is 9.78 Å². The van der Waals surface area contributed by atoms with Gasteiger partial charge in [-0.15, -0.1) is 11.8 Å². The highest BCUT2D eigenvalue weighted by Crippen LogP contribution is 2.28. The third-order valence-electron chi connectivity index (χ3n) is 4.22. The van der Waals surface area contributed by atoms with E-state index in [9.17, 15) is 4.79 Å². The Bertz CT molecular complexity index is 968. The summed E-state index contributed by atoms with van der Waals surface area (Å²) in [5, 5.41) is 15.8. The van der Waals surface area contributed by atoms with Gasteiger partial charge < -0.3 is 9.84 Å². The second kappa shape index (κ2) is 8.56. The fraction of sp³-hybridized carbons (Fsp3) is 0.190. The highest BCUT2D eigenvalue weighted by Gasteiger charge is 2.14. The van der Waals surface area contributed by atoms with Crippen LogP contribution in [-0.4, -0.2) is 11.1 Å². The molecule has 0 aliphatic rings. The average Bonchev–Trinajstić information content (AvgIpc) is 3.02. The minimum Gasteiger partial charge on any atom is -0.361 e. The number of carbonyl (C=O) groups is 1. The van der Waals surface area contributed by atoms with Crippen molar-refractivity contribution in [3.05, 3.63) is 82.2 Å². The van der Waals surface area contributed by atoms with Gasteiger partial charge in [-0.25, -0.2) is 0 Å². The van der Waals surface area contributed by atoms with E-state index in [-0.39, 0.29) is 5.91 Å². The molecule has 0 spiro atoms. The molecule has 6 heteroatoms. The first kappa shape index (κ1) is 18.7. The Morgan fingerprint density at radius 3 is 2.59 bits per heavy atom. The standard InChI is InChI=1S/C21H19N3O2S/c1-14-19(15(2)26-24-14)13-27-20-6-4-3-5-18(20)21(25)23-12-17-9-7-16(11-22)8-10-17/h3-10H,12-13H2,1-2H3,(H,23,25). The maximum atomic E-state index is 12.6. The number of rotatable bonds is 6. The lowest BCUT2D eigenvalue weighted by molar-refractivity contribution is 0.0948. The van der Waals surface area contributed by atoms with E-state index in [2.05, 4.69) is 16.5 Å². The van der Waals surface area contributed by atoms with Crippen LogP contribution in [0.25, 0.3) is 0 Å². The second-order valence-electron chi connectivity index (χ2n) is 6.08. The molecule has 1 heterocycles. The lowest BCUT2D eigenvalue weighted by atomic mass is 10.1. The topological polar surface area (TPSA) is 78.9 Å². The predicted octanol–water partition coefficient (Wildman–Crippen LogP) is 4.39. The van der Waals surface area contributed by atoms with Gasteiger partial charge in [-0.1, -0.05) is 29.4 Å². The number of carbonyl (C=O) groups excluding carboxylic acids is 1. The first-order valence-electron chi connectivity index (χ1n) is 8.49. The number of nitriles is 1. The van der Waals surface area contributed by atoms with Crippen LogP contribution in [0.5, 0.6) is 0 Å². The van der Waals surface area contributed by atoms with Crippen LogP contribution in [0.1, 0.15) is 38.5 Å². The maximum absolute atomic E-state index is 12.6. The molecule has 1 amide bonds. The molecule has 136 valence electrons. The average molecular weight is 377 g/mol. The quantitative estimate of drug-likeness (QED) is 0.645. The van der Waals surface area contributed by atoms with Crippen LogP contribution < -0.4 is 5.32 Å². The molecule has 3 rings (SSSR count). The van der Waals surface area contributed by atoms with E-state index in [1.807, 2.05) is 50.2 Å². The fourth-order valence-corrected chi connectivity index (χ4v) is 3.82. The fourth-order valence-electron chi connectivity index (χ4n) is 2.61. The lowest BCUT2D eigenvalue weighted by Gasteiger charge is -2.10. The van der Waals surface area contributed by atoms with Gasteiger partial charge in [0.05, 0.1) is 22.9 Å². The third kappa shape index (κ3) is 4.57. The number of hydrogen-bond acceptors (Lipinski definition) is 5. The monoisotopic (exact) mass is 377 g/mol. The van der Waals surface area contributed by atoms with Gasteiger partial charge in [-0.2, -0.15) is 5.26 Å². The summed E-state index contributed by atoms with van der Waals surface area (Å²) in [6.07, 6.45) is 0. The van der Waals surface area contributed by atoms with Crippen molar-refractivity contribution < 1.29 is 9.32 Å². The van der Waals surface area contributed by atoms with Crippen LogP contribution in [0.3, 0.4) is 0 Å². The molecular formula is C21H19N3O2S. The van der Waals surface area contributed by atoms with E-state index < -0.39 is 0 Å². The molecule has 0 saturated heterocycles. The third-order valence-corrected chi connectivity index (χ3v) is 5.32. The second-order valence-corrected chi connectivity index (χ2v) is 7.10. The van der Waals surface area contributed by atoms with E-state index >= 15 is 0 Å². The summed E-state index contributed by atoms with van der Waals surface area (Å²) in [6, 6.07) is 16.8. The van der Waals surface area contributed by atoms with Crippen molar-refractivity contribution >= 4 is 17.7 Å². The van der Waals surface area contributed by atoms with Crippen LogP contribution in [0.4, 0.5) is 0 Å². The van der Waals surface area contributed by atoms with Gasteiger partial charge >= 0.3 is 0 Å². The molecule has 3 aromatic rings. The molecule has 0 aliphatic heterocycles. The molecule has 0 bridgehead atoms. The summed E-state index contributed by atoms with van der Waals surface area (Å²) in [6.45, 7) is 4.22. The summed E-state index contributed by atoms with van der Waals surface area (Å²) in [5.41, 5.74) is 4.13. The normalized spacial score (nSPS) is 10.4. The van der Waals surface area contributed by atoms with Crippen molar-refractivity contribution in [2.24, 2.45) is 0 Å². The number of nitrogens with one attached hydrogen (secondary N) is 1. The Morgan fingerprint density at radius 2 is 1.93 bits per heavy atom. The van der Waals surface area contributed by atoms with Crippen molar-refractivity contribution in [1.82, 2.24) is 10.5 Å². The molecule has 0 fully saturated rings. The molecule has 0 atom stereocenters. The lowest BCUT2D eigenvalue weighted by Crippen LogP contribution is -2.23. The van der Waals surface area contributed by atoms with Crippen LogP contribution in [0.2, 0.25) is 0 Å². The van der Waals surface area contributed by atoms with Gasteiger partial charge in [0.1, 0.15) is 5.76 Å². The first-order chi connectivity index (χ1) is 13.1. The maximum Gasteiger partial charge on any atom is 0.252 e. The van der Waals surface area contributed by atoms with Crippen molar-refractivity contribution in [3.8, 4) is 6.07 Å². The number of thioether (sulfide) groups is 1. The van der Waals surface area contributed by atoms with Gasteiger partial charge in [0, 0.05) is 22.8 Å². The van der Waals surface area contributed by atoms with Gasteiger partial charge in [-0.05, 0) is 43.7 Å². The van der Waals surface area contributed by atoms with Crippen molar-refractivity contribution in [1.29, 1.82) is 5.26 Å². The zero-order valence-electron chi connectivity index (χ0n) is 15.2. The van der Waals surface area contributed by atoms with Gasteiger partial charge in [-0.3, -0.25) is 4.79 Å². The summed E-state index contributed by atoms with van der Waals surface area (Å²) >= 11 is 1.59. The Labute approximate surface area is 162 Å².